The molecule has 0 atom stereocenters. The molecule has 6 nitrogen and oxygen atoms in total. The lowest BCUT2D eigenvalue weighted by molar-refractivity contribution is 0.283. The standard InChI is InChI=1S/C16H22N4O2/c21-9-4-2-1-3-8-18-16-19-12-14(15(22)20-16)10-13-6-5-7-17-11-13/h5-7,11-12,21H,1-4,8-10H2,(H2,18,19,20,22). The van der Waals surface area contributed by atoms with Crippen molar-refractivity contribution in [1.29, 1.82) is 0 Å². The van der Waals surface area contributed by atoms with Crippen LogP contribution in [0.4, 0.5) is 5.95 Å². The Balaban J connectivity index is 1.83. The molecule has 6 heteroatoms. The number of aliphatic hydroxyl groups is 1. The summed E-state index contributed by atoms with van der Waals surface area (Å²) in [6.45, 7) is 1.01. The van der Waals surface area contributed by atoms with E-state index in [2.05, 4.69) is 20.3 Å². The molecule has 0 aromatic carbocycles. The third-order valence-electron chi connectivity index (χ3n) is 3.37. The van der Waals surface area contributed by atoms with Gasteiger partial charge in [0, 0.05) is 43.7 Å². The number of nitrogens with zero attached hydrogens (tertiary/aromatic N) is 2. The number of hydrogen-bond donors (Lipinski definition) is 3. The van der Waals surface area contributed by atoms with Crippen LogP contribution in [0.2, 0.25) is 0 Å². The Hall–Kier alpha value is -2.21. The number of H-pyrrole nitrogens is 1. The first-order valence-corrected chi connectivity index (χ1v) is 7.61. The highest BCUT2D eigenvalue weighted by Gasteiger charge is 2.04. The maximum absolute atomic E-state index is 12.0. The molecule has 0 aliphatic rings. The number of pyridine rings is 1. The molecule has 0 unspecified atom stereocenters. The van der Waals surface area contributed by atoms with E-state index in [9.17, 15) is 4.79 Å². The van der Waals surface area contributed by atoms with E-state index in [0.29, 0.717) is 17.9 Å². The van der Waals surface area contributed by atoms with Gasteiger partial charge in [0.1, 0.15) is 0 Å². The van der Waals surface area contributed by atoms with Gasteiger partial charge in [0.25, 0.3) is 5.56 Å². The second-order valence-corrected chi connectivity index (χ2v) is 5.19. The van der Waals surface area contributed by atoms with Crippen molar-refractivity contribution in [2.75, 3.05) is 18.5 Å². The van der Waals surface area contributed by atoms with Crippen molar-refractivity contribution in [1.82, 2.24) is 15.0 Å². The monoisotopic (exact) mass is 302 g/mol. The van der Waals surface area contributed by atoms with Crippen LogP contribution in [0.25, 0.3) is 0 Å². The summed E-state index contributed by atoms with van der Waals surface area (Å²) in [7, 11) is 0. The molecule has 2 aromatic heterocycles. The van der Waals surface area contributed by atoms with Crippen LogP contribution in [0.5, 0.6) is 0 Å². The van der Waals surface area contributed by atoms with E-state index in [1.807, 2.05) is 12.1 Å². The summed E-state index contributed by atoms with van der Waals surface area (Å²) in [5.74, 6) is 0.502. The quantitative estimate of drug-likeness (QED) is 0.614. The molecule has 0 fully saturated rings. The van der Waals surface area contributed by atoms with Crippen molar-refractivity contribution in [2.45, 2.75) is 32.1 Å². The molecule has 0 amide bonds. The van der Waals surface area contributed by atoms with Gasteiger partial charge in [-0.15, -0.1) is 0 Å². The highest BCUT2D eigenvalue weighted by atomic mass is 16.2. The molecule has 0 aliphatic carbocycles. The lowest BCUT2D eigenvalue weighted by Crippen LogP contribution is -2.17. The van der Waals surface area contributed by atoms with Crippen LogP contribution < -0.4 is 10.9 Å². The second kappa shape index (κ2) is 8.94. The van der Waals surface area contributed by atoms with Crippen molar-refractivity contribution >= 4 is 5.95 Å². The van der Waals surface area contributed by atoms with Crippen LogP contribution >= 0.6 is 0 Å². The minimum Gasteiger partial charge on any atom is -0.396 e. The molecule has 3 N–H and O–H groups in total. The number of aromatic amines is 1. The van der Waals surface area contributed by atoms with Crippen LogP contribution in [0, 0.1) is 0 Å². The Morgan fingerprint density at radius 3 is 2.77 bits per heavy atom. The molecule has 2 aromatic rings. The molecule has 0 spiro atoms. The maximum atomic E-state index is 12.0. The molecule has 0 bridgehead atoms. The number of nitrogens with one attached hydrogen (secondary N) is 2. The van der Waals surface area contributed by atoms with Crippen molar-refractivity contribution in [3.63, 3.8) is 0 Å². The van der Waals surface area contributed by atoms with Crippen molar-refractivity contribution in [3.05, 3.63) is 52.2 Å². The van der Waals surface area contributed by atoms with Crippen molar-refractivity contribution in [3.8, 4) is 0 Å². The third kappa shape index (κ3) is 5.29. The zero-order valence-corrected chi connectivity index (χ0v) is 12.6. The molecule has 22 heavy (non-hydrogen) atoms. The van der Waals surface area contributed by atoms with Gasteiger partial charge in [-0.25, -0.2) is 4.98 Å². The third-order valence-corrected chi connectivity index (χ3v) is 3.37. The number of aliphatic hydroxyl groups excluding tert-OH is 1. The summed E-state index contributed by atoms with van der Waals surface area (Å²) < 4.78 is 0. The van der Waals surface area contributed by atoms with Crippen LogP contribution in [0.1, 0.15) is 36.8 Å². The Morgan fingerprint density at radius 2 is 2.05 bits per heavy atom. The SMILES string of the molecule is O=c1[nH]c(NCCCCCCO)ncc1Cc1cccnc1. The number of rotatable bonds is 9. The Labute approximate surface area is 129 Å². The fraction of sp³-hybridized carbons (Fsp3) is 0.438. The minimum atomic E-state index is -0.123. The highest BCUT2D eigenvalue weighted by molar-refractivity contribution is 5.27. The Kier molecular flexibility index (Phi) is 6.57. The van der Waals surface area contributed by atoms with Crippen LogP contribution in [-0.2, 0) is 6.42 Å². The smallest absolute Gasteiger partial charge is 0.255 e. The summed E-state index contributed by atoms with van der Waals surface area (Å²) in [6, 6.07) is 3.79. The molecule has 2 heterocycles. The largest absolute Gasteiger partial charge is 0.396 e. The number of hydrogen-bond acceptors (Lipinski definition) is 5. The summed E-state index contributed by atoms with van der Waals surface area (Å²) in [5.41, 5.74) is 1.49. The zero-order chi connectivity index (χ0) is 15.6. The summed E-state index contributed by atoms with van der Waals surface area (Å²) >= 11 is 0. The fourth-order valence-electron chi connectivity index (χ4n) is 2.16. The van der Waals surface area contributed by atoms with Crippen LogP contribution in [0.15, 0.2) is 35.5 Å². The van der Waals surface area contributed by atoms with Crippen LogP contribution in [0.3, 0.4) is 0 Å². The molecular weight excluding hydrogens is 280 g/mol. The van der Waals surface area contributed by atoms with Crippen molar-refractivity contribution < 1.29 is 5.11 Å². The van der Waals surface area contributed by atoms with Gasteiger partial charge in [0.2, 0.25) is 5.95 Å². The first-order chi connectivity index (χ1) is 10.8. The van der Waals surface area contributed by atoms with E-state index in [0.717, 1.165) is 37.8 Å². The average molecular weight is 302 g/mol. The van der Waals surface area contributed by atoms with Crippen molar-refractivity contribution in [2.24, 2.45) is 0 Å². The van der Waals surface area contributed by atoms with Gasteiger partial charge in [-0.2, -0.15) is 0 Å². The highest BCUT2D eigenvalue weighted by Crippen LogP contribution is 2.05. The second-order valence-electron chi connectivity index (χ2n) is 5.19. The minimum absolute atomic E-state index is 0.123. The fourth-order valence-corrected chi connectivity index (χ4v) is 2.16. The molecule has 0 aliphatic heterocycles. The molecule has 2 rings (SSSR count). The predicted octanol–water partition coefficient (Wildman–Crippen LogP) is 1.72. The lowest BCUT2D eigenvalue weighted by Gasteiger charge is -2.06. The van der Waals surface area contributed by atoms with E-state index in [-0.39, 0.29) is 12.2 Å². The van der Waals surface area contributed by atoms with Gasteiger partial charge < -0.3 is 10.4 Å². The number of anilines is 1. The zero-order valence-electron chi connectivity index (χ0n) is 12.6. The summed E-state index contributed by atoms with van der Waals surface area (Å²) in [5, 5.41) is 11.8. The van der Waals surface area contributed by atoms with Gasteiger partial charge in [-0.1, -0.05) is 18.9 Å². The molecule has 118 valence electrons. The maximum Gasteiger partial charge on any atom is 0.255 e. The summed E-state index contributed by atoms with van der Waals surface area (Å²) in [6.07, 6.45) is 9.50. The number of aromatic nitrogens is 3. The van der Waals surface area contributed by atoms with Gasteiger partial charge in [-0.05, 0) is 24.5 Å². The first kappa shape index (κ1) is 16.2. The van der Waals surface area contributed by atoms with E-state index in [1.54, 1.807) is 18.6 Å². The molecule has 0 saturated heterocycles. The van der Waals surface area contributed by atoms with Crippen LogP contribution in [-0.4, -0.2) is 33.2 Å². The van der Waals surface area contributed by atoms with E-state index in [1.165, 1.54) is 0 Å². The summed E-state index contributed by atoms with van der Waals surface area (Å²) in [4.78, 5) is 23.1. The molecular formula is C16H22N4O2. The van der Waals surface area contributed by atoms with E-state index in [4.69, 9.17) is 5.11 Å². The Morgan fingerprint density at radius 1 is 1.18 bits per heavy atom. The van der Waals surface area contributed by atoms with Gasteiger partial charge in [-0.3, -0.25) is 14.8 Å². The van der Waals surface area contributed by atoms with Gasteiger partial charge >= 0.3 is 0 Å². The number of unbranched alkanes of at least 4 members (excludes halogenated alkanes) is 3. The van der Waals surface area contributed by atoms with Gasteiger partial charge in [0.15, 0.2) is 0 Å². The predicted molar refractivity (Wildman–Crippen MR) is 85.9 cm³/mol. The molecule has 0 saturated carbocycles. The first-order valence-electron chi connectivity index (χ1n) is 7.61. The van der Waals surface area contributed by atoms with E-state index >= 15 is 0 Å². The van der Waals surface area contributed by atoms with Gasteiger partial charge in [0.05, 0.1) is 0 Å². The lowest BCUT2D eigenvalue weighted by atomic mass is 10.1. The average Bonchev–Trinajstić information content (AvgIpc) is 2.54. The van der Waals surface area contributed by atoms with E-state index < -0.39 is 0 Å². The Bertz CT molecular complexity index is 613. The normalized spacial score (nSPS) is 10.6. The topological polar surface area (TPSA) is 90.9 Å². The molecule has 0 radical (unpaired) electrons.